The Morgan fingerprint density at radius 1 is 1.25 bits per heavy atom. The summed E-state index contributed by atoms with van der Waals surface area (Å²) < 4.78 is 5.48. The minimum Gasteiger partial charge on any atom is -0.368 e. The van der Waals surface area contributed by atoms with Crippen LogP contribution in [0.2, 0.25) is 0 Å². The Balaban J connectivity index is 1.26. The predicted octanol–water partition coefficient (Wildman–Crippen LogP) is 0.900. The van der Waals surface area contributed by atoms with Gasteiger partial charge in [0.25, 0.3) is 5.91 Å². The Morgan fingerprint density at radius 3 is 2.82 bits per heavy atom. The van der Waals surface area contributed by atoms with Crippen LogP contribution in [-0.4, -0.2) is 63.1 Å². The third-order valence-electron chi connectivity index (χ3n) is 5.38. The van der Waals surface area contributed by atoms with Crippen molar-refractivity contribution < 1.29 is 14.3 Å². The first-order chi connectivity index (χ1) is 13.7. The van der Waals surface area contributed by atoms with Gasteiger partial charge in [-0.3, -0.25) is 9.59 Å². The van der Waals surface area contributed by atoms with E-state index in [1.165, 1.54) is 0 Å². The second-order valence-corrected chi connectivity index (χ2v) is 7.25. The number of ether oxygens (including phenoxy) is 1. The molecule has 0 saturated carbocycles. The number of nitrogens with zero attached hydrogens (tertiary/aromatic N) is 4. The molecule has 2 amide bonds. The number of rotatable bonds is 5. The SMILES string of the molecule is O=C(NCc1cccc(-c2nn[nH]n2)c1)C1CCN(C(=O)C2CCCO2)CC1. The number of H-pyrrole nitrogens is 1. The number of aromatic nitrogens is 4. The highest BCUT2D eigenvalue weighted by Gasteiger charge is 2.32. The van der Waals surface area contributed by atoms with Gasteiger partial charge in [-0.25, -0.2) is 0 Å². The van der Waals surface area contributed by atoms with E-state index in [1.807, 2.05) is 29.2 Å². The van der Waals surface area contributed by atoms with Gasteiger partial charge in [0.05, 0.1) is 0 Å². The molecule has 28 heavy (non-hydrogen) atoms. The fraction of sp³-hybridized carbons (Fsp3) is 0.526. The van der Waals surface area contributed by atoms with E-state index in [4.69, 9.17) is 4.74 Å². The van der Waals surface area contributed by atoms with Crippen molar-refractivity contribution in [2.45, 2.75) is 38.3 Å². The molecule has 1 aromatic carbocycles. The normalized spacial score (nSPS) is 20.3. The zero-order chi connectivity index (χ0) is 19.3. The van der Waals surface area contributed by atoms with Gasteiger partial charge in [0.15, 0.2) is 0 Å². The molecule has 9 heteroatoms. The van der Waals surface area contributed by atoms with Crippen molar-refractivity contribution >= 4 is 11.8 Å². The highest BCUT2D eigenvalue weighted by Crippen LogP contribution is 2.22. The van der Waals surface area contributed by atoms with Crippen molar-refractivity contribution in [2.75, 3.05) is 19.7 Å². The van der Waals surface area contributed by atoms with E-state index in [0.717, 1.165) is 24.0 Å². The summed E-state index contributed by atoms with van der Waals surface area (Å²) in [6.07, 6.45) is 2.85. The van der Waals surface area contributed by atoms with E-state index < -0.39 is 0 Å². The Morgan fingerprint density at radius 2 is 2.11 bits per heavy atom. The molecule has 0 radical (unpaired) electrons. The molecule has 2 saturated heterocycles. The number of aromatic amines is 1. The number of nitrogens with one attached hydrogen (secondary N) is 2. The molecule has 148 valence electrons. The zero-order valence-electron chi connectivity index (χ0n) is 15.6. The van der Waals surface area contributed by atoms with Gasteiger partial charge in [-0.15, -0.1) is 10.2 Å². The topological polar surface area (TPSA) is 113 Å². The summed E-state index contributed by atoms with van der Waals surface area (Å²) >= 11 is 0. The van der Waals surface area contributed by atoms with E-state index in [9.17, 15) is 9.59 Å². The van der Waals surface area contributed by atoms with Crippen molar-refractivity contribution in [1.29, 1.82) is 0 Å². The van der Waals surface area contributed by atoms with Crippen LogP contribution in [0, 0.1) is 5.92 Å². The van der Waals surface area contributed by atoms with Crippen LogP contribution in [-0.2, 0) is 20.9 Å². The number of piperidine rings is 1. The first-order valence-corrected chi connectivity index (χ1v) is 9.71. The van der Waals surface area contributed by atoms with Crippen LogP contribution in [0.5, 0.6) is 0 Å². The summed E-state index contributed by atoms with van der Waals surface area (Å²) in [7, 11) is 0. The first kappa shape index (κ1) is 18.5. The Labute approximate surface area is 162 Å². The quantitative estimate of drug-likeness (QED) is 0.792. The number of amides is 2. The third kappa shape index (κ3) is 4.19. The molecule has 0 bridgehead atoms. The van der Waals surface area contributed by atoms with Crippen molar-refractivity contribution in [3.8, 4) is 11.4 Å². The molecule has 2 aromatic rings. The van der Waals surface area contributed by atoms with E-state index in [-0.39, 0.29) is 23.8 Å². The van der Waals surface area contributed by atoms with E-state index in [0.29, 0.717) is 44.9 Å². The minimum atomic E-state index is -0.281. The predicted molar refractivity (Wildman–Crippen MR) is 99.7 cm³/mol. The first-order valence-electron chi connectivity index (χ1n) is 9.71. The minimum absolute atomic E-state index is 0.0363. The van der Waals surface area contributed by atoms with Crippen LogP contribution in [0.25, 0.3) is 11.4 Å². The molecule has 2 fully saturated rings. The number of hydrogen-bond acceptors (Lipinski definition) is 6. The van der Waals surface area contributed by atoms with Crippen LogP contribution in [0.1, 0.15) is 31.2 Å². The van der Waals surface area contributed by atoms with Gasteiger partial charge in [0, 0.05) is 37.7 Å². The molecule has 3 heterocycles. The molecule has 2 N–H and O–H groups in total. The lowest BCUT2D eigenvalue weighted by atomic mass is 9.95. The molecule has 0 aliphatic carbocycles. The van der Waals surface area contributed by atoms with Crippen LogP contribution in [0.4, 0.5) is 0 Å². The molecule has 2 aliphatic heterocycles. The van der Waals surface area contributed by atoms with E-state index in [2.05, 4.69) is 25.9 Å². The Kier molecular flexibility index (Phi) is 5.61. The van der Waals surface area contributed by atoms with Crippen LogP contribution < -0.4 is 5.32 Å². The van der Waals surface area contributed by atoms with E-state index in [1.54, 1.807) is 0 Å². The van der Waals surface area contributed by atoms with Gasteiger partial charge in [-0.1, -0.05) is 18.2 Å². The lowest BCUT2D eigenvalue weighted by Gasteiger charge is -2.32. The van der Waals surface area contributed by atoms with Gasteiger partial charge >= 0.3 is 0 Å². The van der Waals surface area contributed by atoms with Crippen molar-refractivity contribution in [1.82, 2.24) is 30.8 Å². The summed E-state index contributed by atoms with van der Waals surface area (Å²) in [6.45, 7) is 2.34. The summed E-state index contributed by atoms with van der Waals surface area (Å²) in [6, 6.07) is 7.69. The van der Waals surface area contributed by atoms with Crippen LogP contribution in [0.15, 0.2) is 24.3 Å². The number of carbonyl (C=O) groups excluding carboxylic acids is 2. The lowest BCUT2D eigenvalue weighted by molar-refractivity contribution is -0.143. The standard InChI is InChI=1S/C19H24N6O3/c26-18(14-6-8-25(9-7-14)19(27)16-5-2-10-28-16)20-12-13-3-1-4-15(11-13)17-21-23-24-22-17/h1,3-4,11,14,16H,2,5-10,12H2,(H,20,26)(H,21,22,23,24). The number of tetrazole rings is 1. The highest BCUT2D eigenvalue weighted by molar-refractivity contribution is 5.82. The van der Waals surface area contributed by atoms with Gasteiger partial charge < -0.3 is 15.0 Å². The second kappa shape index (κ2) is 8.47. The van der Waals surface area contributed by atoms with Gasteiger partial charge in [-0.05, 0) is 42.5 Å². The maximum absolute atomic E-state index is 12.5. The maximum atomic E-state index is 12.5. The molecular weight excluding hydrogens is 360 g/mol. The molecule has 1 aromatic heterocycles. The van der Waals surface area contributed by atoms with Gasteiger partial charge in [0.1, 0.15) is 6.10 Å². The number of likely N-dealkylation sites (tertiary alicyclic amines) is 1. The number of benzene rings is 1. The summed E-state index contributed by atoms with van der Waals surface area (Å²) in [5, 5.41) is 16.9. The fourth-order valence-electron chi connectivity index (χ4n) is 3.78. The Bertz CT molecular complexity index is 811. The summed E-state index contributed by atoms with van der Waals surface area (Å²) in [5.74, 6) is 0.578. The number of carbonyl (C=O) groups is 2. The van der Waals surface area contributed by atoms with Crippen LogP contribution in [0.3, 0.4) is 0 Å². The van der Waals surface area contributed by atoms with Crippen molar-refractivity contribution in [2.24, 2.45) is 5.92 Å². The summed E-state index contributed by atoms with van der Waals surface area (Å²) in [5.41, 5.74) is 1.82. The average molecular weight is 384 g/mol. The zero-order valence-corrected chi connectivity index (χ0v) is 15.6. The maximum Gasteiger partial charge on any atom is 0.251 e. The lowest BCUT2D eigenvalue weighted by Crippen LogP contribution is -2.46. The molecule has 2 aliphatic rings. The molecule has 4 rings (SSSR count). The van der Waals surface area contributed by atoms with Crippen LogP contribution >= 0.6 is 0 Å². The Hall–Kier alpha value is -2.81. The monoisotopic (exact) mass is 384 g/mol. The van der Waals surface area contributed by atoms with Gasteiger partial charge in [0.2, 0.25) is 11.7 Å². The average Bonchev–Trinajstić information content (AvgIpc) is 3.46. The molecule has 9 nitrogen and oxygen atoms in total. The molecular formula is C19H24N6O3. The largest absolute Gasteiger partial charge is 0.368 e. The second-order valence-electron chi connectivity index (χ2n) is 7.25. The molecule has 1 atom stereocenters. The van der Waals surface area contributed by atoms with Gasteiger partial charge in [-0.2, -0.15) is 5.21 Å². The van der Waals surface area contributed by atoms with Crippen molar-refractivity contribution in [3.05, 3.63) is 29.8 Å². The summed E-state index contributed by atoms with van der Waals surface area (Å²) in [4.78, 5) is 26.8. The molecule has 1 unspecified atom stereocenters. The highest BCUT2D eigenvalue weighted by atomic mass is 16.5. The third-order valence-corrected chi connectivity index (χ3v) is 5.38. The number of hydrogen-bond donors (Lipinski definition) is 2. The smallest absolute Gasteiger partial charge is 0.251 e. The molecule has 0 spiro atoms. The fourth-order valence-corrected chi connectivity index (χ4v) is 3.78. The van der Waals surface area contributed by atoms with E-state index >= 15 is 0 Å². The van der Waals surface area contributed by atoms with Crippen molar-refractivity contribution in [3.63, 3.8) is 0 Å².